The van der Waals surface area contributed by atoms with Crippen LogP contribution >= 0.6 is 0 Å². The van der Waals surface area contributed by atoms with Crippen molar-refractivity contribution in [3.05, 3.63) is 83.6 Å². The van der Waals surface area contributed by atoms with Gasteiger partial charge in [-0.3, -0.25) is 0 Å². The summed E-state index contributed by atoms with van der Waals surface area (Å²) in [5.74, 6) is 0. The van der Waals surface area contributed by atoms with Crippen LogP contribution in [0.3, 0.4) is 0 Å². The van der Waals surface area contributed by atoms with Crippen molar-refractivity contribution in [1.29, 1.82) is 0 Å². The van der Waals surface area contributed by atoms with E-state index in [4.69, 9.17) is 0 Å². The molecule has 0 saturated carbocycles. The molecule has 0 heterocycles. The number of benzene rings is 2. The molecule has 0 amide bonds. The first-order valence-corrected chi connectivity index (χ1v) is 5.34. The molecule has 0 nitrogen and oxygen atoms in total. The van der Waals surface area contributed by atoms with Crippen molar-refractivity contribution < 1.29 is 0 Å². The van der Waals surface area contributed by atoms with E-state index in [1.807, 2.05) is 18.2 Å². The summed E-state index contributed by atoms with van der Waals surface area (Å²) in [5, 5.41) is 0. The summed E-state index contributed by atoms with van der Waals surface area (Å²) < 4.78 is 0. The zero-order chi connectivity index (χ0) is 11.4. The van der Waals surface area contributed by atoms with Gasteiger partial charge in [0.15, 0.2) is 0 Å². The van der Waals surface area contributed by atoms with Gasteiger partial charge in [0.25, 0.3) is 0 Å². The minimum atomic E-state index is 1.06. The van der Waals surface area contributed by atoms with Crippen LogP contribution in [0.4, 0.5) is 0 Å². The van der Waals surface area contributed by atoms with Crippen molar-refractivity contribution in [2.75, 3.05) is 0 Å². The van der Waals surface area contributed by atoms with E-state index in [-0.39, 0.29) is 0 Å². The maximum Gasteiger partial charge on any atom is 0.0303 e. The average Bonchev–Trinajstić information content (AvgIpc) is 2.34. The Morgan fingerprint density at radius 1 is 0.875 bits per heavy atom. The number of aryl methyl sites for hydroxylation is 1. The third kappa shape index (κ3) is 2.13. The van der Waals surface area contributed by atoms with Crippen LogP contribution in [0.25, 0.3) is 5.57 Å². The van der Waals surface area contributed by atoms with Crippen LogP contribution in [-0.2, 0) is 0 Å². The topological polar surface area (TPSA) is 0 Å². The predicted octanol–water partition coefficient (Wildman–Crippen LogP) is 4.21. The van der Waals surface area contributed by atoms with Gasteiger partial charge in [0.1, 0.15) is 0 Å². The smallest absolute Gasteiger partial charge is 0.0303 e. The van der Waals surface area contributed by atoms with Crippen molar-refractivity contribution in [2.45, 2.75) is 6.92 Å². The summed E-state index contributed by atoms with van der Waals surface area (Å²) in [4.78, 5) is 0. The van der Waals surface area contributed by atoms with E-state index >= 15 is 0 Å². The highest BCUT2D eigenvalue weighted by Crippen LogP contribution is 2.21. The number of hydrogen-bond donors (Lipinski definition) is 0. The van der Waals surface area contributed by atoms with E-state index in [9.17, 15) is 0 Å². The highest BCUT2D eigenvalue weighted by Gasteiger charge is 2.02. The lowest BCUT2D eigenvalue weighted by Crippen LogP contribution is -1.86. The molecule has 16 heavy (non-hydrogen) atoms. The second-order valence-corrected chi connectivity index (χ2v) is 3.78. The van der Waals surface area contributed by atoms with E-state index in [0.717, 1.165) is 16.7 Å². The quantitative estimate of drug-likeness (QED) is 0.646. The van der Waals surface area contributed by atoms with Crippen LogP contribution in [0.1, 0.15) is 16.7 Å². The Hall–Kier alpha value is -2.04. The summed E-state index contributed by atoms with van der Waals surface area (Å²) in [7, 11) is 0. The van der Waals surface area contributed by atoms with Gasteiger partial charge in [-0.15, -0.1) is 5.73 Å². The van der Waals surface area contributed by atoms with Crippen LogP contribution < -0.4 is 0 Å². The summed E-state index contributed by atoms with van der Waals surface area (Å²) in [6.07, 6.45) is 0. The maximum atomic E-state index is 3.77. The summed E-state index contributed by atoms with van der Waals surface area (Å²) in [6, 6.07) is 18.7. The first kappa shape index (κ1) is 10.5. The van der Waals surface area contributed by atoms with Crippen molar-refractivity contribution in [1.82, 2.24) is 0 Å². The van der Waals surface area contributed by atoms with Gasteiger partial charge in [0.2, 0.25) is 0 Å². The lowest BCUT2D eigenvalue weighted by Gasteiger charge is -2.05. The molecule has 78 valence electrons. The van der Waals surface area contributed by atoms with Gasteiger partial charge in [-0.05, 0) is 18.1 Å². The van der Waals surface area contributed by atoms with E-state index in [1.54, 1.807) is 0 Å². The Morgan fingerprint density at radius 3 is 2.00 bits per heavy atom. The molecule has 0 heteroatoms. The SMILES string of the molecule is C=C=C(c1ccccc1)c1ccc(C)cc1. The summed E-state index contributed by atoms with van der Waals surface area (Å²) >= 11 is 0. The number of rotatable bonds is 2. The van der Waals surface area contributed by atoms with Crippen molar-refractivity contribution >= 4 is 5.57 Å². The second-order valence-electron chi connectivity index (χ2n) is 3.78. The Kier molecular flexibility index (Phi) is 3.05. The molecule has 0 aliphatic carbocycles. The van der Waals surface area contributed by atoms with Gasteiger partial charge in [0, 0.05) is 5.57 Å². The molecule has 0 radical (unpaired) electrons. The molecular formula is C16H14. The van der Waals surface area contributed by atoms with Crippen LogP contribution in [0.2, 0.25) is 0 Å². The zero-order valence-corrected chi connectivity index (χ0v) is 9.40. The molecule has 0 saturated heterocycles. The predicted molar refractivity (Wildman–Crippen MR) is 69.3 cm³/mol. The van der Waals surface area contributed by atoms with Gasteiger partial charge in [0.05, 0.1) is 0 Å². The molecule has 0 aromatic heterocycles. The van der Waals surface area contributed by atoms with Crippen LogP contribution in [0, 0.1) is 6.92 Å². The fraction of sp³-hybridized carbons (Fsp3) is 0.0625. The molecule has 0 spiro atoms. The first-order chi connectivity index (χ1) is 7.81. The summed E-state index contributed by atoms with van der Waals surface area (Å²) in [5.41, 5.74) is 7.65. The van der Waals surface area contributed by atoms with Gasteiger partial charge in [-0.2, -0.15) is 0 Å². The molecule has 0 unspecified atom stereocenters. The molecule has 0 fully saturated rings. The Balaban J connectivity index is 2.46. The van der Waals surface area contributed by atoms with Crippen LogP contribution in [0.5, 0.6) is 0 Å². The fourth-order valence-corrected chi connectivity index (χ4v) is 1.70. The lowest BCUT2D eigenvalue weighted by atomic mass is 9.98. The molecule has 0 aliphatic rings. The van der Waals surface area contributed by atoms with Gasteiger partial charge in [-0.1, -0.05) is 66.7 Å². The van der Waals surface area contributed by atoms with E-state index in [2.05, 4.69) is 55.6 Å². The normalized spacial score (nSPS) is 9.56. The first-order valence-electron chi connectivity index (χ1n) is 5.34. The Morgan fingerprint density at radius 2 is 1.44 bits per heavy atom. The highest BCUT2D eigenvalue weighted by molar-refractivity contribution is 5.79. The molecule has 0 N–H and O–H groups in total. The zero-order valence-electron chi connectivity index (χ0n) is 9.40. The maximum absolute atomic E-state index is 3.77. The van der Waals surface area contributed by atoms with Crippen molar-refractivity contribution in [3.63, 3.8) is 0 Å². The van der Waals surface area contributed by atoms with Crippen LogP contribution in [-0.4, -0.2) is 0 Å². The van der Waals surface area contributed by atoms with E-state index < -0.39 is 0 Å². The molecule has 0 bridgehead atoms. The van der Waals surface area contributed by atoms with Gasteiger partial charge in [-0.25, -0.2) is 0 Å². The fourth-order valence-electron chi connectivity index (χ4n) is 1.70. The van der Waals surface area contributed by atoms with E-state index in [0.29, 0.717) is 0 Å². The Labute approximate surface area is 96.6 Å². The van der Waals surface area contributed by atoms with Gasteiger partial charge < -0.3 is 0 Å². The molecule has 2 aromatic carbocycles. The molecular weight excluding hydrogens is 192 g/mol. The van der Waals surface area contributed by atoms with Crippen LogP contribution in [0.15, 0.2) is 66.9 Å². The molecule has 0 aliphatic heterocycles. The van der Waals surface area contributed by atoms with E-state index in [1.165, 1.54) is 5.56 Å². The second kappa shape index (κ2) is 4.65. The minimum absolute atomic E-state index is 1.06. The Bertz CT molecular complexity index is 512. The third-order valence-electron chi connectivity index (χ3n) is 2.58. The average molecular weight is 206 g/mol. The summed E-state index contributed by atoms with van der Waals surface area (Å²) in [6.45, 7) is 5.86. The monoisotopic (exact) mass is 206 g/mol. The highest BCUT2D eigenvalue weighted by atomic mass is 14.1. The third-order valence-corrected chi connectivity index (χ3v) is 2.58. The van der Waals surface area contributed by atoms with Crippen molar-refractivity contribution in [3.8, 4) is 0 Å². The minimum Gasteiger partial charge on any atom is -0.119 e. The molecule has 2 aromatic rings. The largest absolute Gasteiger partial charge is 0.119 e. The standard InChI is InChI=1S/C16H14/c1-3-16(14-7-5-4-6-8-14)15-11-9-13(2)10-12-15/h4-12H,1H2,2H3. The molecule has 2 rings (SSSR count). The molecule has 0 atom stereocenters. The number of hydrogen-bond acceptors (Lipinski definition) is 0. The van der Waals surface area contributed by atoms with Gasteiger partial charge >= 0.3 is 0 Å². The van der Waals surface area contributed by atoms with Crippen molar-refractivity contribution in [2.24, 2.45) is 0 Å². The lowest BCUT2D eigenvalue weighted by molar-refractivity contribution is 1.45.